The average Bonchev–Trinajstić information content (AvgIpc) is 3.37. The summed E-state index contributed by atoms with van der Waals surface area (Å²) in [4.78, 5) is 38.2. The summed E-state index contributed by atoms with van der Waals surface area (Å²) < 4.78 is 16.9. The van der Waals surface area contributed by atoms with Crippen molar-refractivity contribution in [1.82, 2.24) is 0 Å². The van der Waals surface area contributed by atoms with Crippen LogP contribution in [0.15, 0.2) is 48.6 Å². The number of carbonyl (C=O) groups is 3. The lowest BCUT2D eigenvalue weighted by atomic mass is 10.0. The Bertz CT molecular complexity index is 1230. The number of carbonyl (C=O) groups excluding carboxylic acids is 3. The summed E-state index contributed by atoms with van der Waals surface area (Å²) in [5.41, 5.74) is 0. The van der Waals surface area contributed by atoms with Crippen molar-refractivity contribution in [2.24, 2.45) is 0 Å². The molecule has 6 nitrogen and oxygen atoms in total. The van der Waals surface area contributed by atoms with Crippen molar-refractivity contribution in [1.29, 1.82) is 0 Å². The van der Waals surface area contributed by atoms with Crippen LogP contribution in [0, 0.1) is 0 Å². The lowest BCUT2D eigenvalue weighted by molar-refractivity contribution is -0.167. The third-order valence-electron chi connectivity index (χ3n) is 13.8. The van der Waals surface area contributed by atoms with Gasteiger partial charge in [-0.2, -0.15) is 0 Å². The summed E-state index contributed by atoms with van der Waals surface area (Å²) in [7, 11) is 0. The van der Waals surface area contributed by atoms with E-state index in [-0.39, 0.29) is 31.1 Å². The maximum atomic E-state index is 12.9. The average molecular weight is 996 g/mol. The number of allylic oxidation sites excluding steroid dienone is 8. The SMILES string of the molecule is CCCCCCC/C=C\C/C=C\C/C=C\CCCCCCCCCCCCC(=O)OCC(COC(=O)CCCCCCCCCCCCCC)OC(=O)CCCCCCC/C=C\CCCCCCCCC. The van der Waals surface area contributed by atoms with Crippen LogP contribution in [0.1, 0.15) is 329 Å². The van der Waals surface area contributed by atoms with E-state index in [0.717, 1.165) is 77.0 Å². The summed E-state index contributed by atoms with van der Waals surface area (Å²) in [6.07, 6.45) is 74.0. The van der Waals surface area contributed by atoms with Crippen molar-refractivity contribution in [3.63, 3.8) is 0 Å². The first kappa shape index (κ1) is 68.4. The molecule has 0 saturated carbocycles. The fourth-order valence-electron chi connectivity index (χ4n) is 9.09. The molecule has 0 aliphatic rings. The van der Waals surface area contributed by atoms with Gasteiger partial charge in [0, 0.05) is 19.3 Å². The minimum Gasteiger partial charge on any atom is -0.462 e. The first-order valence-electron chi connectivity index (χ1n) is 31.1. The van der Waals surface area contributed by atoms with Crippen LogP contribution < -0.4 is 0 Å². The molecule has 0 saturated heterocycles. The predicted octanol–water partition coefficient (Wildman–Crippen LogP) is 21.0. The number of rotatable bonds is 57. The summed E-state index contributed by atoms with van der Waals surface area (Å²) >= 11 is 0. The van der Waals surface area contributed by atoms with Gasteiger partial charge in [0.25, 0.3) is 0 Å². The summed E-state index contributed by atoms with van der Waals surface area (Å²) in [6, 6.07) is 0. The van der Waals surface area contributed by atoms with Crippen LogP contribution in [-0.4, -0.2) is 37.2 Å². The van der Waals surface area contributed by atoms with Gasteiger partial charge in [-0.3, -0.25) is 14.4 Å². The fraction of sp³-hybridized carbons (Fsp3) is 0.831. The molecule has 0 aromatic rings. The van der Waals surface area contributed by atoms with Gasteiger partial charge in [0.1, 0.15) is 13.2 Å². The topological polar surface area (TPSA) is 78.9 Å². The van der Waals surface area contributed by atoms with Crippen molar-refractivity contribution in [3.05, 3.63) is 48.6 Å². The van der Waals surface area contributed by atoms with E-state index in [1.807, 2.05) is 0 Å². The maximum absolute atomic E-state index is 12.9. The highest BCUT2D eigenvalue weighted by atomic mass is 16.6. The molecule has 414 valence electrons. The van der Waals surface area contributed by atoms with Crippen molar-refractivity contribution >= 4 is 17.9 Å². The van der Waals surface area contributed by atoms with Gasteiger partial charge in [0.2, 0.25) is 0 Å². The summed E-state index contributed by atoms with van der Waals surface area (Å²) in [5, 5.41) is 0. The fourth-order valence-corrected chi connectivity index (χ4v) is 9.09. The highest BCUT2D eigenvalue weighted by Crippen LogP contribution is 2.16. The quantitative estimate of drug-likeness (QED) is 0.0261. The Balaban J connectivity index is 4.27. The minimum absolute atomic E-state index is 0.0741. The largest absolute Gasteiger partial charge is 0.462 e. The van der Waals surface area contributed by atoms with E-state index in [0.29, 0.717) is 19.3 Å². The van der Waals surface area contributed by atoms with E-state index in [1.165, 1.54) is 212 Å². The molecule has 0 bridgehead atoms. The number of ether oxygens (including phenoxy) is 3. The molecule has 1 atom stereocenters. The smallest absolute Gasteiger partial charge is 0.306 e. The third-order valence-corrected chi connectivity index (χ3v) is 13.8. The molecule has 0 amide bonds. The zero-order valence-corrected chi connectivity index (χ0v) is 47.5. The molecule has 0 spiro atoms. The molecule has 0 rings (SSSR count). The number of unbranched alkanes of at least 4 members (excludes halogenated alkanes) is 38. The van der Waals surface area contributed by atoms with E-state index in [2.05, 4.69) is 69.4 Å². The lowest BCUT2D eigenvalue weighted by Gasteiger charge is -2.18. The Kier molecular flexibility index (Phi) is 57.7. The van der Waals surface area contributed by atoms with E-state index in [4.69, 9.17) is 14.2 Å². The normalized spacial score (nSPS) is 12.3. The Morgan fingerprint density at radius 1 is 0.282 bits per heavy atom. The van der Waals surface area contributed by atoms with Crippen molar-refractivity contribution < 1.29 is 28.6 Å². The first-order valence-corrected chi connectivity index (χ1v) is 31.1. The minimum atomic E-state index is -0.777. The molecule has 0 aromatic heterocycles. The maximum Gasteiger partial charge on any atom is 0.306 e. The third kappa shape index (κ3) is 58.1. The zero-order chi connectivity index (χ0) is 51.4. The van der Waals surface area contributed by atoms with E-state index < -0.39 is 6.10 Å². The number of esters is 3. The molecule has 0 fully saturated rings. The van der Waals surface area contributed by atoms with E-state index in [9.17, 15) is 14.4 Å². The zero-order valence-electron chi connectivity index (χ0n) is 47.5. The molecular formula is C65H118O6. The summed E-state index contributed by atoms with van der Waals surface area (Å²) in [5.74, 6) is -0.870. The Hall–Kier alpha value is -2.63. The highest BCUT2D eigenvalue weighted by molar-refractivity contribution is 5.71. The molecule has 6 heteroatoms. The molecule has 0 N–H and O–H groups in total. The van der Waals surface area contributed by atoms with Crippen LogP contribution in [0.4, 0.5) is 0 Å². The van der Waals surface area contributed by atoms with Gasteiger partial charge in [-0.25, -0.2) is 0 Å². The number of hydrogen-bond acceptors (Lipinski definition) is 6. The van der Waals surface area contributed by atoms with E-state index >= 15 is 0 Å². The Morgan fingerprint density at radius 2 is 0.507 bits per heavy atom. The lowest BCUT2D eigenvalue weighted by Crippen LogP contribution is -2.30. The van der Waals surface area contributed by atoms with Gasteiger partial charge in [0.05, 0.1) is 0 Å². The second-order valence-corrected chi connectivity index (χ2v) is 21.0. The highest BCUT2D eigenvalue weighted by Gasteiger charge is 2.19. The van der Waals surface area contributed by atoms with Gasteiger partial charge in [-0.15, -0.1) is 0 Å². The molecular weight excluding hydrogens is 877 g/mol. The predicted molar refractivity (Wildman–Crippen MR) is 307 cm³/mol. The van der Waals surface area contributed by atoms with Crippen LogP contribution in [0.5, 0.6) is 0 Å². The van der Waals surface area contributed by atoms with Crippen LogP contribution in [0.3, 0.4) is 0 Å². The van der Waals surface area contributed by atoms with Gasteiger partial charge in [-0.1, -0.05) is 275 Å². The second kappa shape index (κ2) is 59.9. The molecule has 0 aliphatic carbocycles. The molecule has 1 unspecified atom stereocenters. The molecule has 0 radical (unpaired) electrons. The Labute approximate surface area is 441 Å². The van der Waals surface area contributed by atoms with Crippen LogP contribution >= 0.6 is 0 Å². The van der Waals surface area contributed by atoms with Crippen LogP contribution in [0.25, 0.3) is 0 Å². The molecule has 0 heterocycles. The van der Waals surface area contributed by atoms with Crippen LogP contribution in [-0.2, 0) is 28.6 Å². The molecule has 0 aromatic carbocycles. The van der Waals surface area contributed by atoms with E-state index in [1.54, 1.807) is 0 Å². The van der Waals surface area contributed by atoms with Gasteiger partial charge >= 0.3 is 17.9 Å². The Morgan fingerprint density at radius 3 is 0.803 bits per heavy atom. The van der Waals surface area contributed by atoms with Gasteiger partial charge < -0.3 is 14.2 Å². The monoisotopic (exact) mass is 995 g/mol. The molecule has 0 aliphatic heterocycles. The number of hydrogen-bond donors (Lipinski definition) is 0. The van der Waals surface area contributed by atoms with Crippen molar-refractivity contribution in [2.75, 3.05) is 13.2 Å². The van der Waals surface area contributed by atoms with Crippen molar-refractivity contribution in [3.8, 4) is 0 Å². The van der Waals surface area contributed by atoms with Gasteiger partial charge in [-0.05, 0) is 83.5 Å². The van der Waals surface area contributed by atoms with Crippen LogP contribution in [0.2, 0.25) is 0 Å². The van der Waals surface area contributed by atoms with Gasteiger partial charge in [0.15, 0.2) is 6.10 Å². The first-order chi connectivity index (χ1) is 35.0. The van der Waals surface area contributed by atoms with Crippen molar-refractivity contribution in [2.45, 2.75) is 335 Å². The summed E-state index contributed by atoms with van der Waals surface area (Å²) in [6.45, 7) is 6.65. The molecule has 71 heavy (non-hydrogen) atoms. The standard InChI is InChI=1S/C65H118O6/c1-4-7-10-13-16-19-22-25-27-29-30-31-32-33-34-35-36-37-39-40-43-46-49-52-55-58-64(67)70-61-62(60-69-63(66)57-54-51-48-45-42-24-21-18-15-12-9-6-3)71-65(68)59-56-53-50-47-44-41-38-28-26-23-20-17-14-11-8-5-2/h22,25,28-30,32-33,38,62H,4-21,23-24,26-27,31,34-37,39-61H2,1-3H3/b25-22-,30-29-,33-32-,38-28-. The second-order valence-electron chi connectivity index (χ2n) is 21.0.